The summed E-state index contributed by atoms with van der Waals surface area (Å²) in [4.78, 5) is 10.7. The first-order chi connectivity index (χ1) is 5.18. The molecule has 0 spiro atoms. The zero-order chi connectivity index (χ0) is 8.27. The molecule has 1 rings (SSSR count). The van der Waals surface area contributed by atoms with Crippen LogP contribution in [0.2, 0.25) is 0 Å². The molecule has 0 unspecified atom stereocenters. The quantitative estimate of drug-likeness (QED) is 0.614. The first kappa shape index (κ1) is 8.37. The van der Waals surface area contributed by atoms with Crippen LogP contribution in [0.1, 0.15) is 20.3 Å². The van der Waals surface area contributed by atoms with Gasteiger partial charge in [0.1, 0.15) is 0 Å². The lowest BCUT2D eigenvalue weighted by Gasteiger charge is -2.24. The van der Waals surface area contributed by atoms with Gasteiger partial charge in [0.05, 0.1) is 0 Å². The first-order valence-electron chi connectivity index (χ1n) is 4.20. The summed E-state index contributed by atoms with van der Waals surface area (Å²) in [6.07, 6.45) is 1.19. The molecule has 1 fully saturated rings. The van der Waals surface area contributed by atoms with Crippen LogP contribution in [0.15, 0.2) is 0 Å². The summed E-state index contributed by atoms with van der Waals surface area (Å²) >= 11 is 0. The van der Waals surface area contributed by atoms with Crippen LogP contribution in [-0.4, -0.2) is 19.1 Å². The highest BCUT2D eigenvalue weighted by molar-refractivity contribution is 5.74. The van der Waals surface area contributed by atoms with Crippen molar-refractivity contribution in [1.82, 2.24) is 10.6 Å². The summed E-state index contributed by atoms with van der Waals surface area (Å²) in [6.45, 7) is 6.08. The molecule has 2 amide bonds. The number of carbonyl (C=O) groups is 1. The van der Waals surface area contributed by atoms with Gasteiger partial charge in [-0.05, 0) is 18.3 Å². The third kappa shape index (κ3) is 2.78. The van der Waals surface area contributed by atoms with Gasteiger partial charge in [-0.15, -0.1) is 0 Å². The Morgan fingerprint density at radius 2 is 2.00 bits per heavy atom. The molecule has 1 aliphatic heterocycles. The molecule has 2 N–H and O–H groups in total. The van der Waals surface area contributed by atoms with Crippen molar-refractivity contribution in [3.8, 4) is 0 Å². The highest BCUT2D eigenvalue weighted by atomic mass is 16.2. The van der Waals surface area contributed by atoms with Crippen molar-refractivity contribution in [3.63, 3.8) is 0 Å². The van der Waals surface area contributed by atoms with Gasteiger partial charge in [0.15, 0.2) is 0 Å². The van der Waals surface area contributed by atoms with Gasteiger partial charge < -0.3 is 10.6 Å². The van der Waals surface area contributed by atoms with Gasteiger partial charge in [0.25, 0.3) is 0 Å². The van der Waals surface area contributed by atoms with Crippen molar-refractivity contribution in [3.05, 3.63) is 0 Å². The van der Waals surface area contributed by atoms with E-state index in [1.165, 1.54) is 6.42 Å². The maximum Gasteiger partial charge on any atom is 0.314 e. The van der Waals surface area contributed by atoms with Gasteiger partial charge in [-0.2, -0.15) is 0 Å². The van der Waals surface area contributed by atoms with Crippen LogP contribution >= 0.6 is 0 Å². The summed E-state index contributed by atoms with van der Waals surface area (Å²) in [5.41, 5.74) is 0. The maximum absolute atomic E-state index is 10.7. The Hall–Kier alpha value is -0.730. The van der Waals surface area contributed by atoms with Gasteiger partial charge in [0, 0.05) is 13.1 Å². The number of hydrogen-bond acceptors (Lipinski definition) is 1. The molecule has 1 aliphatic rings. The molecule has 3 heteroatoms. The Bertz CT molecular complexity index is 135. The number of amides is 2. The van der Waals surface area contributed by atoms with E-state index in [1.54, 1.807) is 0 Å². The van der Waals surface area contributed by atoms with Gasteiger partial charge in [-0.3, -0.25) is 0 Å². The second kappa shape index (κ2) is 3.60. The van der Waals surface area contributed by atoms with E-state index in [1.807, 2.05) is 0 Å². The average Bonchev–Trinajstić information content (AvgIpc) is 1.93. The molecule has 0 aromatic carbocycles. The summed E-state index contributed by atoms with van der Waals surface area (Å²) in [7, 11) is 0. The number of hydrogen-bond donors (Lipinski definition) is 2. The molecule has 1 saturated heterocycles. The van der Waals surface area contributed by atoms with E-state index in [2.05, 4.69) is 24.5 Å². The molecule has 0 bridgehead atoms. The highest BCUT2D eigenvalue weighted by Gasteiger charge is 2.17. The van der Waals surface area contributed by atoms with E-state index < -0.39 is 0 Å². The number of rotatable bonds is 2. The zero-order valence-electron chi connectivity index (χ0n) is 7.18. The largest absolute Gasteiger partial charge is 0.338 e. The second-order valence-electron chi connectivity index (χ2n) is 3.59. The summed E-state index contributed by atoms with van der Waals surface area (Å²) in [5, 5.41) is 5.57. The molecule has 0 aliphatic carbocycles. The predicted octanol–water partition coefficient (Wildman–Crippen LogP) is 0.961. The Morgan fingerprint density at radius 3 is 2.45 bits per heavy atom. The summed E-state index contributed by atoms with van der Waals surface area (Å²) in [5.74, 6) is 1.34. The third-order valence-corrected chi connectivity index (χ3v) is 1.91. The van der Waals surface area contributed by atoms with Crippen molar-refractivity contribution in [2.75, 3.05) is 13.1 Å². The number of urea groups is 1. The Morgan fingerprint density at radius 1 is 1.45 bits per heavy atom. The van der Waals surface area contributed by atoms with Gasteiger partial charge in [-0.25, -0.2) is 4.79 Å². The van der Waals surface area contributed by atoms with E-state index in [4.69, 9.17) is 0 Å². The van der Waals surface area contributed by atoms with Crippen LogP contribution in [0.5, 0.6) is 0 Å². The summed E-state index contributed by atoms with van der Waals surface area (Å²) in [6, 6.07) is -0.0231. The highest BCUT2D eigenvalue weighted by Crippen LogP contribution is 2.11. The Kier molecular flexibility index (Phi) is 2.74. The smallest absolute Gasteiger partial charge is 0.314 e. The van der Waals surface area contributed by atoms with Crippen molar-refractivity contribution >= 4 is 6.03 Å². The molecule has 11 heavy (non-hydrogen) atoms. The van der Waals surface area contributed by atoms with Crippen LogP contribution in [0.3, 0.4) is 0 Å². The normalized spacial score (nSPS) is 19.7. The maximum atomic E-state index is 10.7. The lowest BCUT2D eigenvalue weighted by atomic mass is 9.96. The third-order valence-electron chi connectivity index (χ3n) is 1.91. The predicted molar refractivity (Wildman–Crippen MR) is 44.3 cm³/mol. The van der Waals surface area contributed by atoms with Gasteiger partial charge in [-0.1, -0.05) is 13.8 Å². The number of nitrogens with one attached hydrogen (secondary N) is 2. The molecule has 1 heterocycles. The van der Waals surface area contributed by atoms with Crippen molar-refractivity contribution in [1.29, 1.82) is 0 Å². The SMILES string of the molecule is CC(C)CC1CNC(=O)NC1. The van der Waals surface area contributed by atoms with E-state index in [-0.39, 0.29) is 6.03 Å². The lowest BCUT2D eigenvalue weighted by molar-refractivity contribution is 0.225. The topological polar surface area (TPSA) is 41.1 Å². The van der Waals surface area contributed by atoms with Crippen LogP contribution < -0.4 is 10.6 Å². The molecular weight excluding hydrogens is 140 g/mol. The van der Waals surface area contributed by atoms with E-state index >= 15 is 0 Å². The molecule has 64 valence electrons. The standard InChI is InChI=1S/C8H16N2O/c1-6(2)3-7-4-9-8(11)10-5-7/h6-7H,3-5H2,1-2H3,(H2,9,10,11). The van der Waals surface area contributed by atoms with Crippen molar-refractivity contribution in [2.24, 2.45) is 11.8 Å². The van der Waals surface area contributed by atoms with Crippen molar-refractivity contribution < 1.29 is 4.79 Å². The molecular formula is C8H16N2O. The lowest BCUT2D eigenvalue weighted by Crippen LogP contribution is -2.48. The van der Waals surface area contributed by atoms with E-state index in [9.17, 15) is 4.79 Å². The fourth-order valence-corrected chi connectivity index (χ4v) is 1.44. The Labute approximate surface area is 67.5 Å². The van der Waals surface area contributed by atoms with E-state index in [0.29, 0.717) is 5.92 Å². The molecule has 0 atom stereocenters. The molecule has 0 saturated carbocycles. The molecule has 3 nitrogen and oxygen atoms in total. The molecule has 0 radical (unpaired) electrons. The monoisotopic (exact) mass is 156 g/mol. The Balaban J connectivity index is 2.22. The molecule has 0 aromatic heterocycles. The fraction of sp³-hybridized carbons (Fsp3) is 0.875. The average molecular weight is 156 g/mol. The van der Waals surface area contributed by atoms with Crippen LogP contribution in [0.4, 0.5) is 4.79 Å². The fourth-order valence-electron chi connectivity index (χ4n) is 1.44. The van der Waals surface area contributed by atoms with Crippen molar-refractivity contribution in [2.45, 2.75) is 20.3 Å². The molecule has 0 aromatic rings. The van der Waals surface area contributed by atoms with E-state index in [0.717, 1.165) is 19.0 Å². The van der Waals surface area contributed by atoms with Crippen LogP contribution in [0.25, 0.3) is 0 Å². The minimum Gasteiger partial charge on any atom is -0.338 e. The van der Waals surface area contributed by atoms with Gasteiger partial charge in [0.2, 0.25) is 0 Å². The van der Waals surface area contributed by atoms with Gasteiger partial charge >= 0.3 is 6.03 Å². The zero-order valence-corrected chi connectivity index (χ0v) is 7.18. The minimum absolute atomic E-state index is 0.0231. The van der Waals surface area contributed by atoms with Crippen LogP contribution in [0, 0.1) is 11.8 Å². The minimum atomic E-state index is -0.0231. The summed E-state index contributed by atoms with van der Waals surface area (Å²) < 4.78 is 0. The van der Waals surface area contributed by atoms with Crippen LogP contribution in [-0.2, 0) is 0 Å². The first-order valence-corrected chi connectivity index (χ1v) is 4.20. The number of carbonyl (C=O) groups excluding carboxylic acids is 1. The second-order valence-corrected chi connectivity index (χ2v) is 3.59.